The maximum Gasteiger partial charge on any atom is 0.234 e. The summed E-state index contributed by atoms with van der Waals surface area (Å²) in [5.74, 6) is 1.09. The average Bonchev–Trinajstić information content (AvgIpc) is 3.46. The van der Waals surface area contributed by atoms with Crippen LogP contribution in [0.25, 0.3) is 0 Å². The van der Waals surface area contributed by atoms with Crippen molar-refractivity contribution in [3.8, 4) is 5.75 Å². The second kappa shape index (κ2) is 12.6. The van der Waals surface area contributed by atoms with Crippen molar-refractivity contribution < 1.29 is 18.7 Å². The van der Waals surface area contributed by atoms with Gasteiger partial charge in [0.1, 0.15) is 11.6 Å². The lowest BCUT2D eigenvalue weighted by molar-refractivity contribution is -0.139. The van der Waals surface area contributed by atoms with Crippen LogP contribution in [0.5, 0.6) is 5.75 Å². The number of imide groups is 1. The van der Waals surface area contributed by atoms with E-state index >= 15 is 0 Å². The fourth-order valence-corrected chi connectivity index (χ4v) is 5.62. The molecule has 2 heterocycles. The summed E-state index contributed by atoms with van der Waals surface area (Å²) < 4.78 is 20.3. The number of nitrogens with zero attached hydrogens (tertiary/aromatic N) is 3. The molecule has 200 valence electrons. The molecule has 0 aromatic heterocycles. The molecule has 2 saturated heterocycles. The second-order valence-electron chi connectivity index (χ2n) is 10.7. The van der Waals surface area contributed by atoms with E-state index in [1.807, 2.05) is 0 Å². The Balaban J connectivity index is 0.00000304. The molecule has 2 saturated carbocycles. The predicted octanol–water partition coefficient (Wildman–Crippen LogP) is 3.46. The SMILES string of the molecule is Cl.O=C1CC(CNCC2CC2)C(=O)N1CCCN1CCN(c2cc(F)ccc2OC2CCCC2)CC1. The highest BCUT2D eigenvalue weighted by Gasteiger charge is 2.38. The molecule has 9 heteroatoms. The number of carbonyl (C=O) groups is 2. The Labute approximate surface area is 220 Å². The van der Waals surface area contributed by atoms with Crippen molar-refractivity contribution in [3.63, 3.8) is 0 Å². The van der Waals surface area contributed by atoms with Gasteiger partial charge in [-0.05, 0) is 76.1 Å². The third-order valence-corrected chi connectivity index (χ3v) is 7.94. The van der Waals surface area contributed by atoms with Crippen LogP contribution >= 0.6 is 12.4 Å². The normalized spacial score (nSPS) is 23.4. The van der Waals surface area contributed by atoms with Crippen molar-refractivity contribution in [2.75, 3.05) is 57.3 Å². The number of ether oxygens (including phenoxy) is 1. The summed E-state index contributed by atoms with van der Waals surface area (Å²) in [6.45, 7) is 6.29. The Hall–Kier alpha value is -1.90. The molecular formula is C27H40ClFN4O3. The lowest BCUT2D eigenvalue weighted by atomic mass is 10.1. The molecule has 2 amide bonds. The molecule has 1 aromatic rings. The van der Waals surface area contributed by atoms with E-state index < -0.39 is 0 Å². The highest BCUT2D eigenvalue weighted by atomic mass is 35.5. The first-order valence-corrected chi connectivity index (χ1v) is 13.6. The van der Waals surface area contributed by atoms with E-state index in [9.17, 15) is 14.0 Å². The lowest BCUT2D eigenvalue weighted by Gasteiger charge is -2.37. The minimum Gasteiger partial charge on any atom is -0.488 e. The summed E-state index contributed by atoms with van der Waals surface area (Å²) in [5.41, 5.74) is 0.853. The number of piperazine rings is 1. The molecule has 0 bridgehead atoms. The van der Waals surface area contributed by atoms with Crippen LogP contribution in [0.15, 0.2) is 18.2 Å². The topological polar surface area (TPSA) is 65.1 Å². The van der Waals surface area contributed by atoms with Gasteiger partial charge in [0.25, 0.3) is 0 Å². The monoisotopic (exact) mass is 522 g/mol. The fourth-order valence-electron chi connectivity index (χ4n) is 5.62. The van der Waals surface area contributed by atoms with Crippen molar-refractivity contribution >= 4 is 29.9 Å². The number of halogens is 2. The van der Waals surface area contributed by atoms with Gasteiger partial charge in [0.2, 0.25) is 11.8 Å². The van der Waals surface area contributed by atoms with Crippen molar-refractivity contribution in [2.45, 2.75) is 57.5 Å². The predicted molar refractivity (Wildman–Crippen MR) is 140 cm³/mol. The van der Waals surface area contributed by atoms with Gasteiger partial charge < -0.3 is 15.0 Å². The van der Waals surface area contributed by atoms with Crippen molar-refractivity contribution in [1.82, 2.24) is 15.1 Å². The van der Waals surface area contributed by atoms with Gasteiger partial charge in [-0.2, -0.15) is 0 Å². The van der Waals surface area contributed by atoms with Gasteiger partial charge in [0, 0.05) is 51.8 Å². The summed E-state index contributed by atoms with van der Waals surface area (Å²) >= 11 is 0. The van der Waals surface area contributed by atoms with Crippen LogP contribution in [-0.2, 0) is 9.59 Å². The Bertz CT molecular complexity index is 901. The van der Waals surface area contributed by atoms with E-state index in [1.54, 1.807) is 12.1 Å². The van der Waals surface area contributed by atoms with E-state index in [-0.39, 0.29) is 42.1 Å². The number of rotatable bonds is 11. The van der Waals surface area contributed by atoms with Gasteiger partial charge in [-0.1, -0.05) is 0 Å². The number of carbonyl (C=O) groups excluding carboxylic acids is 2. The summed E-state index contributed by atoms with van der Waals surface area (Å²) in [5, 5.41) is 3.37. The molecule has 5 rings (SSSR count). The molecule has 0 radical (unpaired) electrons. The van der Waals surface area contributed by atoms with E-state index in [4.69, 9.17) is 4.74 Å². The molecule has 1 atom stereocenters. The maximum absolute atomic E-state index is 14.0. The van der Waals surface area contributed by atoms with Crippen molar-refractivity contribution in [3.05, 3.63) is 24.0 Å². The minimum atomic E-state index is -0.234. The number of amides is 2. The highest BCUT2D eigenvalue weighted by molar-refractivity contribution is 6.03. The van der Waals surface area contributed by atoms with Crippen molar-refractivity contribution in [1.29, 1.82) is 0 Å². The van der Waals surface area contributed by atoms with Gasteiger partial charge in [-0.3, -0.25) is 19.4 Å². The van der Waals surface area contributed by atoms with Gasteiger partial charge in [0.05, 0.1) is 17.7 Å². The van der Waals surface area contributed by atoms with Gasteiger partial charge >= 0.3 is 0 Å². The van der Waals surface area contributed by atoms with Gasteiger partial charge in [-0.15, -0.1) is 12.4 Å². The zero-order valence-corrected chi connectivity index (χ0v) is 21.9. The number of hydrogen-bond acceptors (Lipinski definition) is 6. The summed E-state index contributed by atoms with van der Waals surface area (Å²) in [6.07, 6.45) is 8.48. The minimum absolute atomic E-state index is 0. The molecule has 0 spiro atoms. The second-order valence-corrected chi connectivity index (χ2v) is 10.7. The Morgan fingerprint density at radius 3 is 2.44 bits per heavy atom. The summed E-state index contributed by atoms with van der Waals surface area (Å²) in [7, 11) is 0. The zero-order chi connectivity index (χ0) is 24.2. The Morgan fingerprint density at radius 1 is 0.972 bits per heavy atom. The molecule has 2 aliphatic heterocycles. The molecule has 36 heavy (non-hydrogen) atoms. The molecule has 1 N–H and O–H groups in total. The maximum atomic E-state index is 14.0. The van der Waals surface area contributed by atoms with E-state index in [0.29, 0.717) is 19.5 Å². The summed E-state index contributed by atoms with van der Waals surface area (Å²) in [6, 6.07) is 4.85. The third-order valence-electron chi connectivity index (χ3n) is 7.94. The number of benzene rings is 1. The van der Waals surface area contributed by atoms with E-state index in [2.05, 4.69) is 15.1 Å². The summed E-state index contributed by atoms with van der Waals surface area (Å²) in [4.78, 5) is 31.1. The Kier molecular flexibility index (Phi) is 9.47. The van der Waals surface area contributed by atoms with Crippen LogP contribution in [0.4, 0.5) is 10.1 Å². The quantitative estimate of drug-likeness (QED) is 0.449. The molecule has 4 aliphatic rings. The number of likely N-dealkylation sites (tertiary alicyclic amines) is 1. The van der Waals surface area contributed by atoms with E-state index in [0.717, 1.165) is 75.9 Å². The first-order valence-electron chi connectivity index (χ1n) is 13.6. The van der Waals surface area contributed by atoms with Crippen LogP contribution in [0, 0.1) is 17.7 Å². The van der Waals surface area contributed by atoms with Gasteiger partial charge in [-0.25, -0.2) is 4.39 Å². The molecule has 7 nitrogen and oxygen atoms in total. The average molecular weight is 523 g/mol. The first-order chi connectivity index (χ1) is 17.1. The lowest BCUT2D eigenvalue weighted by Crippen LogP contribution is -2.47. The van der Waals surface area contributed by atoms with Crippen LogP contribution in [0.1, 0.15) is 51.4 Å². The standard InChI is InChI=1S/C27H39FN4O3.ClH/c28-22-8-9-25(35-23-4-1-2-5-23)24(17-22)31-14-12-30(13-15-31)10-3-11-32-26(33)16-21(27(32)34)19-29-18-20-6-7-20;/h8-9,17,20-21,23,29H,1-7,10-16,18-19H2;1H. The smallest absolute Gasteiger partial charge is 0.234 e. The van der Waals surface area contributed by atoms with Crippen LogP contribution in [0.2, 0.25) is 0 Å². The largest absolute Gasteiger partial charge is 0.488 e. The number of hydrogen-bond donors (Lipinski definition) is 1. The van der Waals surface area contributed by atoms with Crippen LogP contribution in [0.3, 0.4) is 0 Å². The van der Waals surface area contributed by atoms with Crippen molar-refractivity contribution in [2.24, 2.45) is 11.8 Å². The number of nitrogens with one attached hydrogen (secondary N) is 1. The van der Waals surface area contributed by atoms with Crippen LogP contribution < -0.4 is 15.0 Å². The molecule has 4 fully saturated rings. The molecule has 2 aliphatic carbocycles. The molecular weight excluding hydrogens is 483 g/mol. The van der Waals surface area contributed by atoms with Crippen LogP contribution in [-0.4, -0.2) is 80.1 Å². The molecule has 1 unspecified atom stereocenters. The molecule has 1 aromatic carbocycles. The number of anilines is 1. The Morgan fingerprint density at radius 2 is 1.72 bits per heavy atom. The zero-order valence-electron chi connectivity index (χ0n) is 21.1. The van der Waals surface area contributed by atoms with E-state index in [1.165, 1.54) is 36.6 Å². The van der Waals surface area contributed by atoms with Gasteiger partial charge in [0.15, 0.2) is 0 Å². The highest BCUT2D eigenvalue weighted by Crippen LogP contribution is 2.34. The first kappa shape index (κ1) is 27.1. The third kappa shape index (κ3) is 6.90. The fraction of sp³-hybridized carbons (Fsp3) is 0.704.